The fourth-order valence-corrected chi connectivity index (χ4v) is 2.06. The summed E-state index contributed by atoms with van der Waals surface area (Å²) in [6.07, 6.45) is 0.547. The number of methoxy groups -OCH3 is 1. The third-order valence-corrected chi connectivity index (χ3v) is 3.00. The molecule has 2 rings (SSSR count). The molecule has 0 atom stereocenters. The molecule has 19 heavy (non-hydrogen) atoms. The number of benzene rings is 1. The van der Waals surface area contributed by atoms with Crippen LogP contribution in [0, 0.1) is 6.92 Å². The Hall–Kier alpha value is -2.30. The van der Waals surface area contributed by atoms with Crippen molar-refractivity contribution < 1.29 is 19.2 Å². The molecular weight excluding hydrogens is 246 g/mol. The van der Waals surface area contributed by atoms with Crippen molar-refractivity contribution in [2.45, 2.75) is 20.3 Å². The second kappa shape index (κ2) is 5.14. The maximum atomic E-state index is 11.0. The first kappa shape index (κ1) is 13.1. The molecule has 0 radical (unpaired) electrons. The van der Waals surface area contributed by atoms with Gasteiger partial charge < -0.3 is 14.4 Å². The van der Waals surface area contributed by atoms with Crippen LogP contribution in [-0.2, 0) is 6.42 Å². The van der Waals surface area contributed by atoms with E-state index in [1.807, 2.05) is 32.0 Å². The van der Waals surface area contributed by atoms with Crippen molar-refractivity contribution in [2.75, 3.05) is 7.11 Å². The molecule has 0 saturated heterocycles. The molecule has 5 heteroatoms. The molecule has 5 nitrogen and oxygen atoms in total. The van der Waals surface area contributed by atoms with E-state index in [4.69, 9.17) is 14.4 Å². The highest BCUT2D eigenvalue weighted by molar-refractivity contribution is 5.88. The lowest BCUT2D eigenvalue weighted by atomic mass is 10.0. The lowest BCUT2D eigenvalue weighted by molar-refractivity contribution is 0.0650. The molecule has 0 aliphatic carbocycles. The maximum absolute atomic E-state index is 11.0. The Balaban J connectivity index is 2.53. The van der Waals surface area contributed by atoms with E-state index < -0.39 is 5.97 Å². The van der Waals surface area contributed by atoms with Crippen LogP contribution in [0.4, 0.5) is 0 Å². The summed E-state index contributed by atoms with van der Waals surface area (Å²) in [7, 11) is 1.61. The Labute approximate surface area is 110 Å². The Morgan fingerprint density at radius 3 is 2.74 bits per heavy atom. The summed E-state index contributed by atoms with van der Waals surface area (Å²) < 4.78 is 10.1. The molecule has 100 valence electrons. The van der Waals surface area contributed by atoms with Gasteiger partial charge in [-0.3, -0.25) is 0 Å². The molecule has 0 unspecified atom stereocenters. The van der Waals surface area contributed by atoms with Crippen molar-refractivity contribution in [1.29, 1.82) is 0 Å². The van der Waals surface area contributed by atoms with Crippen molar-refractivity contribution in [1.82, 2.24) is 5.16 Å². The van der Waals surface area contributed by atoms with Crippen molar-refractivity contribution in [3.63, 3.8) is 0 Å². The van der Waals surface area contributed by atoms with Crippen LogP contribution in [0.15, 0.2) is 22.7 Å². The number of hydrogen-bond acceptors (Lipinski definition) is 4. The van der Waals surface area contributed by atoms with E-state index in [2.05, 4.69) is 5.16 Å². The number of aromatic nitrogens is 1. The molecule has 0 amide bonds. The summed E-state index contributed by atoms with van der Waals surface area (Å²) in [5, 5.41) is 12.9. The van der Waals surface area contributed by atoms with E-state index in [0.29, 0.717) is 17.7 Å². The third-order valence-electron chi connectivity index (χ3n) is 3.00. The van der Waals surface area contributed by atoms with Gasteiger partial charge in [0.15, 0.2) is 0 Å². The number of hydrogen-bond donors (Lipinski definition) is 1. The fraction of sp³-hybridized carbons (Fsp3) is 0.286. The minimum atomic E-state index is -1.10. The number of carbonyl (C=O) groups is 1. The first-order valence-corrected chi connectivity index (χ1v) is 5.95. The van der Waals surface area contributed by atoms with Gasteiger partial charge in [-0.2, -0.15) is 0 Å². The van der Waals surface area contributed by atoms with Gasteiger partial charge in [-0.1, -0.05) is 12.1 Å². The third kappa shape index (κ3) is 2.31. The van der Waals surface area contributed by atoms with Crippen LogP contribution in [-0.4, -0.2) is 23.3 Å². The SMILES string of the molecule is CCc1c(-c2ccc(OC)c(C)c2)noc1C(=O)O. The highest BCUT2D eigenvalue weighted by atomic mass is 16.5. The van der Waals surface area contributed by atoms with E-state index in [0.717, 1.165) is 16.9 Å². The number of ether oxygens (including phenoxy) is 1. The van der Waals surface area contributed by atoms with E-state index in [9.17, 15) is 4.79 Å². The Kier molecular flexibility index (Phi) is 3.55. The summed E-state index contributed by atoms with van der Waals surface area (Å²) in [5.74, 6) is -0.407. The molecule has 1 aromatic heterocycles. The number of aryl methyl sites for hydroxylation is 1. The second-order valence-corrected chi connectivity index (χ2v) is 4.18. The highest BCUT2D eigenvalue weighted by Crippen LogP contribution is 2.29. The quantitative estimate of drug-likeness (QED) is 0.916. The smallest absolute Gasteiger partial charge is 0.375 e. The summed E-state index contributed by atoms with van der Waals surface area (Å²) >= 11 is 0. The van der Waals surface area contributed by atoms with Gasteiger partial charge in [-0.25, -0.2) is 4.79 Å². The number of carboxylic acid groups (broad SMARTS) is 1. The minimum absolute atomic E-state index is 0.0917. The predicted molar refractivity (Wildman–Crippen MR) is 69.6 cm³/mol. The van der Waals surface area contributed by atoms with Gasteiger partial charge in [0, 0.05) is 11.1 Å². The zero-order chi connectivity index (χ0) is 14.0. The molecular formula is C14H15NO4. The fourth-order valence-electron chi connectivity index (χ4n) is 2.06. The second-order valence-electron chi connectivity index (χ2n) is 4.18. The number of aromatic carboxylic acids is 1. The first-order valence-electron chi connectivity index (χ1n) is 5.95. The average Bonchev–Trinajstić information content (AvgIpc) is 2.82. The largest absolute Gasteiger partial charge is 0.496 e. The van der Waals surface area contributed by atoms with Gasteiger partial charge in [0.25, 0.3) is 0 Å². The zero-order valence-electron chi connectivity index (χ0n) is 11.1. The number of nitrogens with zero attached hydrogens (tertiary/aromatic N) is 1. The zero-order valence-corrected chi connectivity index (χ0v) is 11.1. The van der Waals surface area contributed by atoms with Crippen LogP contribution in [0.2, 0.25) is 0 Å². The van der Waals surface area contributed by atoms with Crippen LogP contribution >= 0.6 is 0 Å². The average molecular weight is 261 g/mol. The molecule has 0 aliphatic rings. The monoisotopic (exact) mass is 261 g/mol. The Morgan fingerprint density at radius 2 is 2.21 bits per heavy atom. The van der Waals surface area contributed by atoms with E-state index in [-0.39, 0.29) is 5.76 Å². The molecule has 0 bridgehead atoms. The van der Waals surface area contributed by atoms with Crippen LogP contribution in [0.3, 0.4) is 0 Å². The maximum Gasteiger partial charge on any atom is 0.375 e. The van der Waals surface area contributed by atoms with Crippen molar-refractivity contribution in [2.24, 2.45) is 0 Å². The normalized spacial score (nSPS) is 10.5. The molecule has 1 N–H and O–H groups in total. The van der Waals surface area contributed by atoms with E-state index >= 15 is 0 Å². The van der Waals surface area contributed by atoms with Crippen molar-refractivity contribution in [3.8, 4) is 17.0 Å². The molecule has 0 fully saturated rings. The van der Waals surface area contributed by atoms with Gasteiger partial charge >= 0.3 is 5.97 Å². The Bertz CT molecular complexity index is 616. The minimum Gasteiger partial charge on any atom is -0.496 e. The van der Waals surface area contributed by atoms with Crippen LogP contribution in [0.25, 0.3) is 11.3 Å². The molecule has 1 aromatic carbocycles. The lowest BCUT2D eigenvalue weighted by Crippen LogP contribution is -1.98. The van der Waals surface area contributed by atoms with Crippen LogP contribution in [0.1, 0.15) is 28.6 Å². The summed E-state index contributed by atoms with van der Waals surface area (Å²) in [5.41, 5.74) is 2.97. The Morgan fingerprint density at radius 1 is 1.47 bits per heavy atom. The number of carboxylic acids is 1. The molecule has 0 saturated carbocycles. The molecule has 0 aliphatic heterocycles. The standard InChI is InChI=1S/C14H15NO4/c1-4-10-12(15-19-13(10)14(16)17)9-5-6-11(18-3)8(2)7-9/h5-7H,4H2,1-3H3,(H,16,17). The van der Waals surface area contributed by atoms with Crippen LogP contribution in [0.5, 0.6) is 5.75 Å². The van der Waals surface area contributed by atoms with Crippen molar-refractivity contribution in [3.05, 3.63) is 35.1 Å². The molecule has 2 aromatic rings. The summed E-state index contributed by atoms with van der Waals surface area (Å²) in [6.45, 7) is 3.80. The predicted octanol–water partition coefficient (Wildman–Crippen LogP) is 2.92. The first-order chi connectivity index (χ1) is 9.08. The summed E-state index contributed by atoms with van der Waals surface area (Å²) in [4.78, 5) is 11.0. The van der Waals surface area contributed by atoms with Crippen LogP contribution < -0.4 is 4.74 Å². The van der Waals surface area contributed by atoms with E-state index in [1.54, 1.807) is 7.11 Å². The number of rotatable bonds is 4. The molecule has 1 heterocycles. The van der Waals surface area contributed by atoms with Crippen molar-refractivity contribution >= 4 is 5.97 Å². The van der Waals surface area contributed by atoms with Gasteiger partial charge in [0.1, 0.15) is 11.4 Å². The molecule has 0 spiro atoms. The lowest BCUT2D eigenvalue weighted by Gasteiger charge is -2.06. The highest BCUT2D eigenvalue weighted by Gasteiger charge is 2.21. The van der Waals surface area contributed by atoms with Gasteiger partial charge in [0.05, 0.1) is 7.11 Å². The van der Waals surface area contributed by atoms with E-state index in [1.165, 1.54) is 0 Å². The topological polar surface area (TPSA) is 72.6 Å². The van der Waals surface area contributed by atoms with Gasteiger partial charge in [-0.05, 0) is 37.1 Å². The summed E-state index contributed by atoms with van der Waals surface area (Å²) in [6, 6.07) is 5.58. The van der Waals surface area contributed by atoms with Gasteiger partial charge in [-0.15, -0.1) is 0 Å². The van der Waals surface area contributed by atoms with Gasteiger partial charge in [0.2, 0.25) is 5.76 Å².